The first-order chi connectivity index (χ1) is 17.5. The van der Waals surface area contributed by atoms with Crippen LogP contribution in [0.15, 0.2) is 83.3 Å². The summed E-state index contributed by atoms with van der Waals surface area (Å²) in [6.45, 7) is 5.11. The number of furan rings is 1. The van der Waals surface area contributed by atoms with Gasteiger partial charge in [-0.3, -0.25) is 14.6 Å². The molecular formula is C29H29F2N3O2. The third-order valence-corrected chi connectivity index (χ3v) is 6.76. The van der Waals surface area contributed by atoms with E-state index >= 15 is 0 Å². The molecule has 1 saturated heterocycles. The lowest BCUT2D eigenvalue weighted by Crippen LogP contribution is -2.50. The van der Waals surface area contributed by atoms with Crippen LogP contribution >= 0.6 is 0 Å². The smallest absolute Gasteiger partial charge is 0.234 e. The highest BCUT2D eigenvalue weighted by molar-refractivity contribution is 5.80. The molecule has 3 aromatic carbocycles. The van der Waals surface area contributed by atoms with E-state index in [9.17, 15) is 13.6 Å². The van der Waals surface area contributed by atoms with Gasteiger partial charge in [-0.1, -0.05) is 42.5 Å². The summed E-state index contributed by atoms with van der Waals surface area (Å²) >= 11 is 0. The zero-order valence-corrected chi connectivity index (χ0v) is 20.2. The fraction of sp³-hybridized carbons (Fsp3) is 0.276. The third-order valence-electron chi connectivity index (χ3n) is 6.76. The van der Waals surface area contributed by atoms with Gasteiger partial charge in [-0.2, -0.15) is 0 Å². The molecule has 0 saturated carbocycles. The van der Waals surface area contributed by atoms with Crippen molar-refractivity contribution in [1.29, 1.82) is 0 Å². The van der Waals surface area contributed by atoms with Gasteiger partial charge < -0.3 is 9.73 Å². The standard InChI is InChI=1S/C29H29F2N3O2/c1-20(27-18-23-4-2-3-5-26(23)36-27)32-28(35)19-33-14-16-34(17-15-33)29(21-6-10-24(30)11-7-21)22-8-12-25(31)13-9-22/h2-13,18,20,29H,14-17,19H2,1H3,(H,32,35)/t20-/m1/s1. The summed E-state index contributed by atoms with van der Waals surface area (Å²) in [5.74, 6) is 0.106. The van der Waals surface area contributed by atoms with Crippen molar-refractivity contribution >= 4 is 16.9 Å². The Bertz CT molecular complexity index is 1230. The molecule has 1 aliphatic rings. The Morgan fingerprint density at radius 1 is 0.889 bits per heavy atom. The Labute approximate surface area is 209 Å². The van der Waals surface area contributed by atoms with Crippen LogP contribution in [-0.4, -0.2) is 48.4 Å². The number of benzene rings is 3. The van der Waals surface area contributed by atoms with E-state index in [2.05, 4.69) is 15.1 Å². The Morgan fingerprint density at radius 2 is 1.47 bits per heavy atom. The van der Waals surface area contributed by atoms with Crippen LogP contribution in [-0.2, 0) is 4.79 Å². The van der Waals surface area contributed by atoms with Crippen molar-refractivity contribution in [2.24, 2.45) is 0 Å². The minimum absolute atomic E-state index is 0.0509. The topological polar surface area (TPSA) is 48.7 Å². The first-order valence-electron chi connectivity index (χ1n) is 12.2. The fourth-order valence-corrected chi connectivity index (χ4v) is 4.86. The number of piperazine rings is 1. The molecule has 0 bridgehead atoms. The van der Waals surface area contributed by atoms with Gasteiger partial charge in [-0.25, -0.2) is 8.78 Å². The predicted molar refractivity (Wildman–Crippen MR) is 135 cm³/mol. The molecule has 2 heterocycles. The van der Waals surface area contributed by atoms with Gasteiger partial charge in [0.25, 0.3) is 0 Å². The quantitative estimate of drug-likeness (QED) is 0.383. The predicted octanol–water partition coefficient (Wildman–Crippen LogP) is 5.30. The van der Waals surface area contributed by atoms with E-state index in [-0.39, 0.29) is 29.6 Å². The number of amides is 1. The molecule has 1 amide bonds. The normalized spacial score (nSPS) is 15.9. The van der Waals surface area contributed by atoms with E-state index in [1.807, 2.05) is 37.3 Å². The fourth-order valence-electron chi connectivity index (χ4n) is 4.86. The molecule has 0 spiro atoms. The van der Waals surface area contributed by atoms with Gasteiger partial charge in [0.1, 0.15) is 23.0 Å². The number of carbonyl (C=O) groups is 1. The summed E-state index contributed by atoms with van der Waals surface area (Å²) in [6.07, 6.45) is 0. The van der Waals surface area contributed by atoms with Gasteiger partial charge in [-0.15, -0.1) is 0 Å². The van der Waals surface area contributed by atoms with Crippen LogP contribution in [0.1, 0.15) is 35.9 Å². The monoisotopic (exact) mass is 489 g/mol. The highest BCUT2D eigenvalue weighted by atomic mass is 19.1. The zero-order chi connectivity index (χ0) is 25.1. The minimum Gasteiger partial charge on any atom is -0.459 e. The van der Waals surface area contributed by atoms with Gasteiger partial charge in [0.15, 0.2) is 0 Å². The molecule has 5 nitrogen and oxygen atoms in total. The second-order valence-electron chi connectivity index (χ2n) is 9.29. The molecule has 4 aromatic rings. The van der Waals surface area contributed by atoms with Gasteiger partial charge >= 0.3 is 0 Å². The third kappa shape index (κ3) is 5.48. The number of carbonyl (C=O) groups excluding carboxylic acids is 1. The number of fused-ring (bicyclic) bond motifs is 1. The zero-order valence-electron chi connectivity index (χ0n) is 20.2. The van der Waals surface area contributed by atoms with Crippen molar-refractivity contribution < 1.29 is 18.0 Å². The number of nitrogens with one attached hydrogen (secondary N) is 1. The van der Waals surface area contributed by atoms with E-state index in [0.29, 0.717) is 19.6 Å². The lowest BCUT2D eigenvalue weighted by Gasteiger charge is -2.39. The molecule has 0 aliphatic carbocycles. The lowest BCUT2D eigenvalue weighted by molar-refractivity contribution is -0.123. The van der Waals surface area contributed by atoms with E-state index in [4.69, 9.17) is 4.42 Å². The van der Waals surface area contributed by atoms with Crippen molar-refractivity contribution in [1.82, 2.24) is 15.1 Å². The summed E-state index contributed by atoms with van der Waals surface area (Å²) in [7, 11) is 0. The van der Waals surface area contributed by atoms with Crippen molar-refractivity contribution in [2.45, 2.75) is 19.0 Å². The number of hydrogen-bond acceptors (Lipinski definition) is 4. The summed E-state index contributed by atoms with van der Waals surface area (Å²) in [4.78, 5) is 17.2. The molecule has 1 fully saturated rings. The molecule has 5 rings (SSSR count). The average Bonchev–Trinajstić information content (AvgIpc) is 3.32. The van der Waals surface area contributed by atoms with E-state index in [0.717, 1.165) is 40.9 Å². The molecule has 1 aromatic heterocycles. The van der Waals surface area contributed by atoms with Crippen LogP contribution in [0.2, 0.25) is 0 Å². The molecule has 0 unspecified atom stereocenters. The van der Waals surface area contributed by atoms with Crippen LogP contribution in [0.5, 0.6) is 0 Å². The number of hydrogen-bond donors (Lipinski definition) is 1. The van der Waals surface area contributed by atoms with Gasteiger partial charge in [0, 0.05) is 31.6 Å². The lowest BCUT2D eigenvalue weighted by atomic mass is 9.96. The first kappa shape index (κ1) is 24.2. The van der Waals surface area contributed by atoms with Gasteiger partial charge in [0.05, 0.1) is 18.6 Å². The second kappa shape index (κ2) is 10.6. The Balaban J connectivity index is 1.20. The van der Waals surface area contributed by atoms with Crippen LogP contribution < -0.4 is 5.32 Å². The first-order valence-corrected chi connectivity index (χ1v) is 12.2. The number of nitrogens with zero attached hydrogens (tertiary/aromatic N) is 2. The van der Waals surface area contributed by atoms with Crippen molar-refractivity contribution in [3.63, 3.8) is 0 Å². The maximum Gasteiger partial charge on any atom is 0.234 e. The summed E-state index contributed by atoms with van der Waals surface area (Å²) in [6, 6.07) is 22.3. The van der Waals surface area contributed by atoms with Crippen LogP contribution in [0.25, 0.3) is 11.0 Å². The maximum absolute atomic E-state index is 13.6. The minimum atomic E-state index is -0.288. The molecule has 1 aliphatic heterocycles. The largest absolute Gasteiger partial charge is 0.459 e. The second-order valence-corrected chi connectivity index (χ2v) is 9.29. The molecule has 1 atom stereocenters. The molecule has 1 N–H and O–H groups in total. The summed E-state index contributed by atoms with van der Waals surface area (Å²) < 4.78 is 33.0. The number of para-hydroxylation sites is 1. The van der Waals surface area contributed by atoms with E-state index in [1.54, 1.807) is 24.3 Å². The SMILES string of the molecule is C[C@@H](NC(=O)CN1CCN(C(c2ccc(F)cc2)c2ccc(F)cc2)CC1)c1cc2ccccc2o1. The van der Waals surface area contributed by atoms with Crippen LogP contribution in [0.3, 0.4) is 0 Å². The number of rotatable bonds is 7. The van der Waals surface area contributed by atoms with Gasteiger partial charge in [-0.05, 0) is 54.4 Å². The molecule has 36 heavy (non-hydrogen) atoms. The Morgan fingerprint density at radius 3 is 2.06 bits per heavy atom. The summed E-state index contributed by atoms with van der Waals surface area (Å²) in [5, 5.41) is 4.06. The van der Waals surface area contributed by atoms with Crippen molar-refractivity contribution in [3.8, 4) is 0 Å². The summed E-state index contributed by atoms with van der Waals surface area (Å²) in [5.41, 5.74) is 2.71. The maximum atomic E-state index is 13.6. The van der Waals surface area contributed by atoms with Crippen LogP contribution in [0.4, 0.5) is 8.78 Å². The molecule has 0 radical (unpaired) electrons. The average molecular weight is 490 g/mol. The molecular weight excluding hydrogens is 460 g/mol. The molecule has 186 valence electrons. The van der Waals surface area contributed by atoms with Crippen molar-refractivity contribution in [2.75, 3.05) is 32.7 Å². The molecule has 7 heteroatoms. The van der Waals surface area contributed by atoms with E-state index < -0.39 is 0 Å². The van der Waals surface area contributed by atoms with Crippen molar-refractivity contribution in [3.05, 3.63) is 107 Å². The van der Waals surface area contributed by atoms with Gasteiger partial charge in [0.2, 0.25) is 5.91 Å². The number of halogens is 2. The Kier molecular flexibility index (Phi) is 7.11. The van der Waals surface area contributed by atoms with E-state index in [1.165, 1.54) is 24.3 Å². The highest BCUT2D eigenvalue weighted by Gasteiger charge is 2.27. The van der Waals surface area contributed by atoms with Crippen LogP contribution in [0, 0.1) is 11.6 Å². The Hall–Kier alpha value is -3.55. The highest BCUT2D eigenvalue weighted by Crippen LogP contribution is 2.30.